The van der Waals surface area contributed by atoms with Gasteiger partial charge in [-0.25, -0.2) is 15.0 Å². The number of benzene rings is 7. The topological polar surface area (TPSA) is 38.7 Å². The lowest BCUT2D eigenvalue weighted by Gasteiger charge is -2.10. The summed E-state index contributed by atoms with van der Waals surface area (Å²) in [4.78, 5) is 15.0. The summed E-state index contributed by atoms with van der Waals surface area (Å²) < 4.78 is 5.04. The molecule has 10 rings (SSSR count). The molecule has 0 aliphatic rings. The highest BCUT2D eigenvalue weighted by molar-refractivity contribution is 7.27. The summed E-state index contributed by atoms with van der Waals surface area (Å²) in [5, 5.41) is 5.08. The summed E-state index contributed by atoms with van der Waals surface area (Å²) in [6.07, 6.45) is 0. The zero-order valence-corrected chi connectivity index (χ0v) is 28.4. The first-order chi connectivity index (χ1) is 24.8. The highest BCUT2D eigenvalue weighted by atomic mass is 32.1. The van der Waals surface area contributed by atoms with Crippen LogP contribution in [0.2, 0.25) is 0 Å². The zero-order chi connectivity index (χ0) is 33.0. The van der Waals surface area contributed by atoms with E-state index in [1.54, 1.807) is 11.3 Å². The van der Waals surface area contributed by atoms with Crippen LogP contribution in [0.15, 0.2) is 164 Å². The van der Waals surface area contributed by atoms with Crippen molar-refractivity contribution in [3.63, 3.8) is 0 Å². The number of nitrogens with zero attached hydrogens (tertiary/aromatic N) is 3. The van der Waals surface area contributed by atoms with Crippen molar-refractivity contribution in [2.45, 2.75) is 0 Å². The molecule has 0 amide bonds. The van der Waals surface area contributed by atoms with Crippen molar-refractivity contribution in [3.05, 3.63) is 164 Å². The van der Waals surface area contributed by atoms with Crippen LogP contribution >= 0.6 is 22.7 Å². The average Bonchev–Trinajstić information content (AvgIpc) is 3.77. The molecule has 0 fully saturated rings. The van der Waals surface area contributed by atoms with Crippen molar-refractivity contribution >= 4 is 63.0 Å². The van der Waals surface area contributed by atoms with E-state index in [4.69, 9.17) is 15.0 Å². The van der Waals surface area contributed by atoms with Gasteiger partial charge in [-0.3, -0.25) is 0 Å². The third-order valence-corrected chi connectivity index (χ3v) is 11.8. The lowest BCUT2D eigenvalue weighted by Crippen LogP contribution is -2.00. The van der Waals surface area contributed by atoms with Gasteiger partial charge in [-0.15, -0.1) is 22.7 Å². The molecule has 0 spiro atoms. The fourth-order valence-electron chi connectivity index (χ4n) is 6.98. The minimum absolute atomic E-state index is 0.668. The molecule has 0 saturated carbocycles. The van der Waals surface area contributed by atoms with Gasteiger partial charge in [0.05, 0.1) is 0 Å². The molecule has 7 aromatic carbocycles. The Hall–Kier alpha value is -6.01. The fourth-order valence-corrected chi connectivity index (χ4v) is 9.44. The van der Waals surface area contributed by atoms with E-state index in [9.17, 15) is 0 Å². The Morgan fingerprint density at radius 1 is 0.320 bits per heavy atom. The molecule has 0 saturated heterocycles. The number of fused-ring (bicyclic) bond motifs is 6. The summed E-state index contributed by atoms with van der Waals surface area (Å²) in [7, 11) is 0. The van der Waals surface area contributed by atoms with Gasteiger partial charge in [0.25, 0.3) is 0 Å². The highest BCUT2D eigenvalue weighted by Gasteiger charge is 2.19. The maximum absolute atomic E-state index is 5.06. The van der Waals surface area contributed by atoms with Gasteiger partial charge >= 0.3 is 0 Å². The summed E-state index contributed by atoms with van der Waals surface area (Å²) in [5.74, 6) is 2.01. The SMILES string of the molecule is c1ccc(-c2nc(-c3ccccc3)nc(-c3cccc4c3sc3ccc(-c5ccc(-c6ccccc6)c6c5sc5ccccc56)cc34)n2)cc1. The van der Waals surface area contributed by atoms with E-state index in [1.165, 1.54) is 62.6 Å². The van der Waals surface area contributed by atoms with Crippen LogP contribution in [0, 0.1) is 0 Å². The third kappa shape index (κ3) is 4.82. The number of hydrogen-bond donors (Lipinski definition) is 0. The molecule has 3 aromatic heterocycles. The van der Waals surface area contributed by atoms with Crippen LogP contribution < -0.4 is 0 Å². The molecule has 5 heteroatoms. The van der Waals surface area contributed by atoms with Gasteiger partial charge in [0.1, 0.15) is 0 Å². The molecule has 0 unspecified atom stereocenters. The van der Waals surface area contributed by atoms with Crippen molar-refractivity contribution in [3.8, 4) is 56.4 Å². The van der Waals surface area contributed by atoms with Gasteiger partial charge in [-0.05, 0) is 46.5 Å². The van der Waals surface area contributed by atoms with Crippen molar-refractivity contribution in [1.29, 1.82) is 0 Å². The van der Waals surface area contributed by atoms with E-state index in [2.05, 4.69) is 127 Å². The van der Waals surface area contributed by atoms with Crippen LogP contribution in [-0.4, -0.2) is 15.0 Å². The Labute approximate surface area is 296 Å². The number of aromatic nitrogens is 3. The maximum atomic E-state index is 5.06. The van der Waals surface area contributed by atoms with Crippen molar-refractivity contribution in [2.75, 3.05) is 0 Å². The quantitative estimate of drug-likeness (QED) is 0.182. The van der Waals surface area contributed by atoms with Gasteiger partial charge in [0, 0.05) is 57.0 Å². The average molecular weight is 674 g/mol. The molecule has 50 heavy (non-hydrogen) atoms. The van der Waals surface area contributed by atoms with Gasteiger partial charge < -0.3 is 0 Å². The van der Waals surface area contributed by atoms with Crippen LogP contribution in [0.25, 0.3) is 96.8 Å². The van der Waals surface area contributed by atoms with Gasteiger partial charge in [-0.1, -0.05) is 140 Å². The molecule has 10 aromatic rings. The fraction of sp³-hybridized carbons (Fsp3) is 0. The van der Waals surface area contributed by atoms with Gasteiger partial charge in [0.15, 0.2) is 17.5 Å². The van der Waals surface area contributed by atoms with Crippen LogP contribution in [0.1, 0.15) is 0 Å². The predicted molar refractivity (Wildman–Crippen MR) is 213 cm³/mol. The molecular weight excluding hydrogens is 647 g/mol. The summed E-state index contributed by atoms with van der Waals surface area (Å²) in [6.45, 7) is 0. The van der Waals surface area contributed by atoms with E-state index in [0.717, 1.165) is 16.7 Å². The third-order valence-electron chi connectivity index (χ3n) is 9.36. The monoisotopic (exact) mass is 673 g/mol. The molecule has 0 radical (unpaired) electrons. The number of thiophene rings is 2. The summed E-state index contributed by atoms with van der Waals surface area (Å²) in [6, 6.07) is 57.9. The Balaban J connectivity index is 1.16. The van der Waals surface area contributed by atoms with Crippen LogP contribution in [0.4, 0.5) is 0 Å². The van der Waals surface area contributed by atoms with Crippen molar-refractivity contribution in [2.24, 2.45) is 0 Å². The van der Waals surface area contributed by atoms with E-state index < -0.39 is 0 Å². The molecule has 3 heterocycles. The molecule has 3 nitrogen and oxygen atoms in total. The molecule has 0 aliphatic heterocycles. The zero-order valence-electron chi connectivity index (χ0n) is 26.7. The predicted octanol–water partition coefficient (Wildman–Crippen LogP) is 12.9. The molecule has 0 aliphatic carbocycles. The molecular formula is C45H27N3S2. The summed E-state index contributed by atoms with van der Waals surface area (Å²) in [5.41, 5.74) is 7.94. The van der Waals surface area contributed by atoms with E-state index in [1.807, 2.05) is 47.7 Å². The van der Waals surface area contributed by atoms with Crippen LogP contribution in [-0.2, 0) is 0 Å². The first kappa shape index (κ1) is 29.0. The molecule has 234 valence electrons. The van der Waals surface area contributed by atoms with E-state index >= 15 is 0 Å². The van der Waals surface area contributed by atoms with Crippen LogP contribution in [0.5, 0.6) is 0 Å². The Bertz CT molecular complexity index is 2800. The number of hydrogen-bond acceptors (Lipinski definition) is 5. The number of rotatable bonds is 5. The van der Waals surface area contributed by atoms with Gasteiger partial charge in [0.2, 0.25) is 0 Å². The van der Waals surface area contributed by atoms with E-state index in [0.29, 0.717) is 17.5 Å². The van der Waals surface area contributed by atoms with E-state index in [-0.39, 0.29) is 0 Å². The van der Waals surface area contributed by atoms with Crippen molar-refractivity contribution < 1.29 is 0 Å². The Morgan fingerprint density at radius 3 is 1.60 bits per heavy atom. The molecule has 0 N–H and O–H groups in total. The minimum Gasteiger partial charge on any atom is -0.208 e. The lowest BCUT2D eigenvalue weighted by molar-refractivity contribution is 1.08. The normalized spacial score (nSPS) is 11.6. The Morgan fingerprint density at radius 2 is 0.880 bits per heavy atom. The minimum atomic E-state index is 0.668. The molecule has 0 bridgehead atoms. The second-order valence-corrected chi connectivity index (χ2v) is 14.5. The standard InChI is InChI=1S/C45H27N3S2/c1-4-13-28(14-5-1)32-24-25-33(42-40(32)35-19-10-11-22-38(35)50-42)31-23-26-39-37(27-31)34-20-12-21-36(41(34)49-39)45-47-43(29-15-6-2-7-16-29)46-44(48-45)30-17-8-3-9-18-30/h1-27H. The lowest BCUT2D eigenvalue weighted by atomic mass is 9.94. The first-order valence-electron chi connectivity index (χ1n) is 16.6. The maximum Gasteiger partial charge on any atom is 0.165 e. The molecule has 0 atom stereocenters. The summed E-state index contributed by atoms with van der Waals surface area (Å²) >= 11 is 3.68. The smallest absolute Gasteiger partial charge is 0.165 e. The highest BCUT2D eigenvalue weighted by Crippen LogP contribution is 2.46. The second-order valence-electron chi connectivity index (χ2n) is 12.4. The second kappa shape index (κ2) is 11.8. The Kier molecular flexibility index (Phi) is 6.86. The first-order valence-corrected chi connectivity index (χ1v) is 18.2. The van der Waals surface area contributed by atoms with Crippen molar-refractivity contribution in [1.82, 2.24) is 15.0 Å². The van der Waals surface area contributed by atoms with Gasteiger partial charge in [-0.2, -0.15) is 0 Å². The van der Waals surface area contributed by atoms with Crippen LogP contribution in [0.3, 0.4) is 0 Å². The largest absolute Gasteiger partial charge is 0.208 e.